The lowest BCUT2D eigenvalue weighted by atomic mass is 10.1. The Balaban J connectivity index is 2.08. The van der Waals surface area contributed by atoms with E-state index in [1.54, 1.807) is 11.8 Å². The molecular formula is C13H17N3OS. The highest BCUT2D eigenvalue weighted by Gasteiger charge is 2.08. The van der Waals surface area contributed by atoms with Crippen LogP contribution >= 0.6 is 11.8 Å². The summed E-state index contributed by atoms with van der Waals surface area (Å²) in [4.78, 5) is 4.37. The lowest BCUT2D eigenvalue weighted by Gasteiger charge is -1.98. The van der Waals surface area contributed by atoms with Gasteiger partial charge in [-0.25, -0.2) is 0 Å². The first-order valence-corrected chi connectivity index (χ1v) is 7.18. The molecule has 0 aliphatic carbocycles. The molecule has 0 saturated carbocycles. The highest BCUT2D eigenvalue weighted by atomic mass is 32.2. The molecule has 2 aromatic rings. The van der Waals surface area contributed by atoms with Crippen LogP contribution in [0.1, 0.15) is 18.3 Å². The van der Waals surface area contributed by atoms with Crippen molar-refractivity contribution in [3.63, 3.8) is 0 Å². The standard InChI is InChI=1S/C13H17N3OS/c1-2-18-9-12-15-13(17-16-12)11-5-3-10(4-6-11)7-8-14/h3-6H,2,7-9,14H2,1H3. The van der Waals surface area contributed by atoms with Crippen LogP contribution in [0.25, 0.3) is 11.5 Å². The molecule has 0 fully saturated rings. The third-order valence-electron chi connectivity index (χ3n) is 2.54. The van der Waals surface area contributed by atoms with Crippen molar-refractivity contribution in [2.75, 3.05) is 12.3 Å². The second kappa shape index (κ2) is 6.56. The number of rotatable bonds is 6. The fourth-order valence-electron chi connectivity index (χ4n) is 1.60. The number of aromatic nitrogens is 2. The van der Waals surface area contributed by atoms with Crippen LogP contribution in [0.15, 0.2) is 28.8 Å². The Morgan fingerprint density at radius 3 is 2.72 bits per heavy atom. The van der Waals surface area contributed by atoms with E-state index in [0.29, 0.717) is 12.4 Å². The predicted octanol–water partition coefficient (Wildman–Crippen LogP) is 2.49. The zero-order valence-electron chi connectivity index (χ0n) is 10.4. The molecule has 1 aromatic heterocycles. The van der Waals surface area contributed by atoms with Crippen molar-refractivity contribution in [1.82, 2.24) is 10.1 Å². The molecule has 0 spiro atoms. The normalized spacial score (nSPS) is 10.8. The largest absolute Gasteiger partial charge is 0.334 e. The van der Waals surface area contributed by atoms with Crippen molar-refractivity contribution in [2.45, 2.75) is 19.1 Å². The molecule has 0 unspecified atom stereocenters. The average Bonchev–Trinajstić information content (AvgIpc) is 2.86. The van der Waals surface area contributed by atoms with Gasteiger partial charge in [0.15, 0.2) is 5.82 Å². The predicted molar refractivity (Wildman–Crippen MR) is 74.3 cm³/mol. The number of hydrogen-bond acceptors (Lipinski definition) is 5. The lowest BCUT2D eigenvalue weighted by molar-refractivity contribution is 0.425. The SMILES string of the molecule is CCSCc1noc(-c2ccc(CCN)cc2)n1. The molecule has 0 atom stereocenters. The summed E-state index contributed by atoms with van der Waals surface area (Å²) in [5.74, 6) is 3.19. The van der Waals surface area contributed by atoms with Gasteiger partial charge in [0, 0.05) is 5.56 Å². The minimum absolute atomic E-state index is 0.584. The van der Waals surface area contributed by atoms with E-state index < -0.39 is 0 Å². The fourth-order valence-corrected chi connectivity index (χ4v) is 2.11. The van der Waals surface area contributed by atoms with Gasteiger partial charge in [-0.2, -0.15) is 16.7 Å². The molecular weight excluding hydrogens is 246 g/mol. The minimum Gasteiger partial charge on any atom is -0.334 e. The number of thioether (sulfide) groups is 1. The van der Waals surface area contributed by atoms with Gasteiger partial charge in [-0.15, -0.1) is 0 Å². The maximum absolute atomic E-state index is 5.52. The van der Waals surface area contributed by atoms with Crippen LogP contribution in [0.4, 0.5) is 0 Å². The van der Waals surface area contributed by atoms with Crippen molar-refractivity contribution >= 4 is 11.8 Å². The van der Waals surface area contributed by atoms with Gasteiger partial charge >= 0.3 is 0 Å². The van der Waals surface area contributed by atoms with Gasteiger partial charge in [-0.05, 0) is 36.4 Å². The van der Waals surface area contributed by atoms with Crippen molar-refractivity contribution in [2.24, 2.45) is 5.73 Å². The van der Waals surface area contributed by atoms with Crippen LogP contribution in [0.3, 0.4) is 0 Å². The van der Waals surface area contributed by atoms with E-state index in [-0.39, 0.29) is 0 Å². The molecule has 0 bridgehead atoms. The van der Waals surface area contributed by atoms with Gasteiger partial charge in [0.1, 0.15) is 0 Å². The van der Waals surface area contributed by atoms with E-state index in [1.165, 1.54) is 5.56 Å². The second-order valence-electron chi connectivity index (χ2n) is 3.89. The van der Waals surface area contributed by atoms with Gasteiger partial charge in [0.05, 0.1) is 5.75 Å². The molecule has 1 aromatic carbocycles. The van der Waals surface area contributed by atoms with E-state index in [4.69, 9.17) is 10.3 Å². The number of hydrogen-bond donors (Lipinski definition) is 1. The number of nitrogens with zero attached hydrogens (tertiary/aromatic N) is 2. The summed E-state index contributed by atoms with van der Waals surface area (Å²) >= 11 is 1.78. The first-order valence-electron chi connectivity index (χ1n) is 6.03. The average molecular weight is 263 g/mol. The Morgan fingerprint density at radius 2 is 2.06 bits per heavy atom. The van der Waals surface area contributed by atoms with Gasteiger partial charge in [0.2, 0.25) is 0 Å². The number of nitrogens with two attached hydrogens (primary N) is 1. The number of benzene rings is 1. The molecule has 2 rings (SSSR count). The summed E-state index contributed by atoms with van der Waals surface area (Å²) in [6, 6.07) is 8.09. The topological polar surface area (TPSA) is 64.9 Å². The fraction of sp³-hybridized carbons (Fsp3) is 0.385. The Kier molecular flexibility index (Phi) is 4.78. The molecule has 0 amide bonds. The van der Waals surface area contributed by atoms with Crippen LogP contribution in [0, 0.1) is 0 Å². The first-order chi connectivity index (χ1) is 8.83. The van der Waals surface area contributed by atoms with E-state index in [2.05, 4.69) is 17.1 Å². The third kappa shape index (κ3) is 3.34. The molecule has 0 aliphatic heterocycles. The molecule has 4 nitrogen and oxygen atoms in total. The first kappa shape index (κ1) is 13.1. The molecule has 1 heterocycles. The Bertz CT molecular complexity index is 481. The summed E-state index contributed by atoms with van der Waals surface area (Å²) in [7, 11) is 0. The Hall–Kier alpha value is -1.33. The van der Waals surface area contributed by atoms with E-state index >= 15 is 0 Å². The minimum atomic E-state index is 0.584. The molecule has 0 aliphatic rings. The summed E-state index contributed by atoms with van der Waals surface area (Å²) in [6.07, 6.45) is 0.891. The van der Waals surface area contributed by atoms with Crippen LogP contribution < -0.4 is 5.73 Å². The van der Waals surface area contributed by atoms with Crippen LogP contribution in [0.2, 0.25) is 0 Å². The molecule has 96 valence electrons. The van der Waals surface area contributed by atoms with Crippen molar-refractivity contribution in [3.8, 4) is 11.5 Å². The summed E-state index contributed by atoms with van der Waals surface area (Å²) in [5.41, 5.74) is 7.70. The Morgan fingerprint density at radius 1 is 1.28 bits per heavy atom. The van der Waals surface area contributed by atoms with Gasteiger partial charge < -0.3 is 10.3 Å². The van der Waals surface area contributed by atoms with E-state index in [0.717, 1.165) is 29.3 Å². The smallest absolute Gasteiger partial charge is 0.257 e. The molecule has 18 heavy (non-hydrogen) atoms. The maximum atomic E-state index is 5.52. The van der Waals surface area contributed by atoms with Crippen LogP contribution in [0.5, 0.6) is 0 Å². The van der Waals surface area contributed by atoms with Crippen LogP contribution in [-0.4, -0.2) is 22.4 Å². The highest BCUT2D eigenvalue weighted by molar-refractivity contribution is 7.98. The second-order valence-corrected chi connectivity index (χ2v) is 5.16. The van der Waals surface area contributed by atoms with Gasteiger partial charge in [-0.1, -0.05) is 24.2 Å². The molecule has 5 heteroatoms. The van der Waals surface area contributed by atoms with Gasteiger partial charge in [-0.3, -0.25) is 0 Å². The summed E-state index contributed by atoms with van der Waals surface area (Å²) < 4.78 is 5.25. The third-order valence-corrected chi connectivity index (χ3v) is 3.41. The molecule has 2 N–H and O–H groups in total. The summed E-state index contributed by atoms with van der Waals surface area (Å²) in [5, 5.41) is 3.96. The van der Waals surface area contributed by atoms with Crippen LogP contribution in [-0.2, 0) is 12.2 Å². The van der Waals surface area contributed by atoms with E-state index in [9.17, 15) is 0 Å². The lowest BCUT2D eigenvalue weighted by Crippen LogP contribution is -2.02. The molecule has 0 saturated heterocycles. The van der Waals surface area contributed by atoms with Crippen molar-refractivity contribution in [1.29, 1.82) is 0 Å². The highest BCUT2D eigenvalue weighted by Crippen LogP contribution is 2.19. The quantitative estimate of drug-likeness (QED) is 0.867. The monoisotopic (exact) mass is 263 g/mol. The zero-order chi connectivity index (χ0) is 12.8. The van der Waals surface area contributed by atoms with Crippen molar-refractivity contribution in [3.05, 3.63) is 35.7 Å². The maximum Gasteiger partial charge on any atom is 0.257 e. The Labute approximate surface area is 111 Å². The summed E-state index contributed by atoms with van der Waals surface area (Å²) in [6.45, 7) is 2.78. The van der Waals surface area contributed by atoms with Crippen molar-refractivity contribution < 1.29 is 4.52 Å². The zero-order valence-corrected chi connectivity index (χ0v) is 11.2. The van der Waals surface area contributed by atoms with Gasteiger partial charge in [0.25, 0.3) is 5.89 Å². The molecule has 0 radical (unpaired) electrons. The van der Waals surface area contributed by atoms with E-state index in [1.807, 2.05) is 24.3 Å².